The minimum absolute atomic E-state index is 0.0128. The number of rotatable bonds is 6. The number of nitrogens with zero attached hydrogens (tertiary/aromatic N) is 2. The molecule has 118 valence electrons. The number of nitriles is 1. The first-order valence-electron chi connectivity index (χ1n) is 8.22. The summed E-state index contributed by atoms with van der Waals surface area (Å²) in [5, 5.41) is 15.8. The Morgan fingerprint density at radius 3 is 2.67 bits per heavy atom. The van der Waals surface area contributed by atoms with Gasteiger partial charge in [-0.25, -0.2) is 0 Å². The fourth-order valence-electron chi connectivity index (χ4n) is 3.19. The predicted octanol–water partition coefficient (Wildman–Crippen LogP) is 1.26. The SMILES string of the molecule is CCC1CN(CC(=O)NC(C)(C#N)C2CC2)C(CC)CN1. The molecule has 1 aliphatic heterocycles. The fourth-order valence-corrected chi connectivity index (χ4v) is 3.19. The number of carbonyl (C=O) groups is 1. The molecule has 1 saturated heterocycles. The van der Waals surface area contributed by atoms with E-state index >= 15 is 0 Å². The van der Waals surface area contributed by atoms with E-state index in [1.807, 2.05) is 6.92 Å². The molecular weight excluding hydrogens is 264 g/mol. The molecule has 3 unspecified atom stereocenters. The van der Waals surface area contributed by atoms with Crippen LogP contribution in [0.15, 0.2) is 0 Å². The molecule has 5 heteroatoms. The minimum atomic E-state index is -0.684. The average Bonchev–Trinajstić information content (AvgIpc) is 3.31. The molecule has 2 fully saturated rings. The van der Waals surface area contributed by atoms with Gasteiger partial charge in [-0.15, -0.1) is 0 Å². The van der Waals surface area contributed by atoms with Crippen molar-refractivity contribution in [1.82, 2.24) is 15.5 Å². The average molecular weight is 292 g/mol. The summed E-state index contributed by atoms with van der Waals surface area (Å²) < 4.78 is 0. The predicted molar refractivity (Wildman–Crippen MR) is 82.6 cm³/mol. The molecule has 1 amide bonds. The van der Waals surface area contributed by atoms with Crippen molar-refractivity contribution in [3.8, 4) is 6.07 Å². The second-order valence-electron chi connectivity index (χ2n) is 6.64. The van der Waals surface area contributed by atoms with Gasteiger partial charge in [0.25, 0.3) is 0 Å². The number of piperazine rings is 1. The maximum Gasteiger partial charge on any atom is 0.235 e. The van der Waals surface area contributed by atoms with E-state index < -0.39 is 5.54 Å². The zero-order valence-corrected chi connectivity index (χ0v) is 13.5. The van der Waals surface area contributed by atoms with Gasteiger partial charge in [-0.1, -0.05) is 13.8 Å². The highest BCUT2D eigenvalue weighted by Crippen LogP contribution is 2.39. The first-order chi connectivity index (χ1) is 10.0. The van der Waals surface area contributed by atoms with Gasteiger partial charge in [0, 0.05) is 25.2 Å². The van der Waals surface area contributed by atoms with Crippen LogP contribution in [0.4, 0.5) is 0 Å². The van der Waals surface area contributed by atoms with Crippen LogP contribution in [0.5, 0.6) is 0 Å². The summed E-state index contributed by atoms with van der Waals surface area (Å²) in [5.41, 5.74) is -0.684. The van der Waals surface area contributed by atoms with Gasteiger partial charge in [0.05, 0.1) is 12.6 Å². The molecule has 1 heterocycles. The Kier molecular flexibility index (Phi) is 5.23. The fraction of sp³-hybridized carbons (Fsp3) is 0.875. The van der Waals surface area contributed by atoms with Crippen LogP contribution in [0.25, 0.3) is 0 Å². The number of carbonyl (C=O) groups excluding carboxylic acids is 1. The van der Waals surface area contributed by atoms with Crippen molar-refractivity contribution >= 4 is 5.91 Å². The van der Waals surface area contributed by atoms with E-state index in [0.29, 0.717) is 24.5 Å². The van der Waals surface area contributed by atoms with Crippen LogP contribution in [0.3, 0.4) is 0 Å². The summed E-state index contributed by atoms with van der Waals surface area (Å²) >= 11 is 0. The molecule has 2 rings (SSSR count). The van der Waals surface area contributed by atoms with Crippen molar-refractivity contribution in [3.63, 3.8) is 0 Å². The Morgan fingerprint density at radius 2 is 2.14 bits per heavy atom. The van der Waals surface area contributed by atoms with Gasteiger partial charge in [0.1, 0.15) is 5.54 Å². The van der Waals surface area contributed by atoms with Gasteiger partial charge in [-0.05, 0) is 38.5 Å². The molecule has 2 N–H and O–H groups in total. The number of nitrogens with one attached hydrogen (secondary N) is 2. The quantitative estimate of drug-likeness (QED) is 0.773. The summed E-state index contributed by atoms with van der Waals surface area (Å²) in [7, 11) is 0. The highest BCUT2D eigenvalue weighted by molar-refractivity contribution is 5.79. The lowest BCUT2D eigenvalue weighted by atomic mass is 9.98. The molecule has 0 spiro atoms. The Morgan fingerprint density at radius 1 is 1.43 bits per heavy atom. The Hall–Kier alpha value is -1.12. The van der Waals surface area contributed by atoms with E-state index in [9.17, 15) is 10.1 Å². The van der Waals surface area contributed by atoms with E-state index in [1.54, 1.807) is 0 Å². The molecule has 21 heavy (non-hydrogen) atoms. The first kappa shape index (κ1) is 16.3. The molecule has 2 aliphatic rings. The van der Waals surface area contributed by atoms with E-state index in [1.165, 1.54) is 0 Å². The molecule has 5 nitrogen and oxygen atoms in total. The van der Waals surface area contributed by atoms with Crippen molar-refractivity contribution in [2.45, 2.75) is 64.1 Å². The number of amides is 1. The molecule has 1 aliphatic carbocycles. The molecule has 0 aromatic heterocycles. The van der Waals surface area contributed by atoms with Crippen LogP contribution >= 0.6 is 0 Å². The van der Waals surface area contributed by atoms with E-state index in [2.05, 4.69) is 35.5 Å². The number of hydrogen-bond donors (Lipinski definition) is 2. The van der Waals surface area contributed by atoms with Gasteiger partial charge < -0.3 is 10.6 Å². The van der Waals surface area contributed by atoms with Crippen LogP contribution in [-0.2, 0) is 4.79 Å². The number of hydrogen-bond acceptors (Lipinski definition) is 4. The van der Waals surface area contributed by atoms with E-state index in [4.69, 9.17) is 0 Å². The van der Waals surface area contributed by atoms with Gasteiger partial charge in [-0.2, -0.15) is 5.26 Å². The van der Waals surface area contributed by atoms with Crippen molar-refractivity contribution in [3.05, 3.63) is 0 Å². The lowest BCUT2D eigenvalue weighted by molar-refractivity contribution is -0.124. The highest BCUT2D eigenvalue weighted by atomic mass is 16.2. The van der Waals surface area contributed by atoms with Gasteiger partial charge in [0.2, 0.25) is 5.91 Å². The zero-order chi connectivity index (χ0) is 15.5. The first-order valence-corrected chi connectivity index (χ1v) is 8.22. The molecule has 3 atom stereocenters. The summed E-state index contributed by atoms with van der Waals surface area (Å²) in [6.07, 6.45) is 4.21. The van der Waals surface area contributed by atoms with Crippen LogP contribution in [-0.4, -0.2) is 48.1 Å². The topological polar surface area (TPSA) is 68.2 Å². The largest absolute Gasteiger partial charge is 0.337 e. The van der Waals surface area contributed by atoms with Gasteiger partial charge >= 0.3 is 0 Å². The lowest BCUT2D eigenvalue weighted by Crippen LogP contribution is -2.59. The zero-order valence-electron chi connectivity index (χ0n) is 13.5. The molecule has 0 radical (unpaired) electrons. The van der Waals surface area contributed by atoms with Crippen LogP contribution in [0, 0.1) is 17.2 Å². The Labute approximate surface area is 128 Å². The standard InChI is InChI=1S/C16H28N4O/c1-4-13-9-20(14(5-2)8-18-13)10-15(21)19-16(3,11-17)12-6-7-12/h12-14,18H,4-10H2,1-3H3,(H,19,21). The Bertz CT molecular complexity index is 415. The molecule has 0 aromatic carbocycles. The summed E-state index contributed by atoms with van der Waals surface area (Å²) in [6.45, 7) is 8.44. The van der Waals surface area contributed by atoms with Gasteiger partial charge in [0.15, 0.2) is 0 Å². The van der Waals surface area contributed by atoms with Crippen molar-refractivity contribution in [1.29, 1.82) is 5.26 Å². The monoisotopic (exact) mass is 292 g/mol. The molecule has 1 saturated carbocycles. The van der Waals surface area contributed by atoms with E-state index in [0.717, 1.165) is 38.8 Å². The summed E-state index contributed by atoms with van der Waals surface area (Å²) in [5.74, 6) is 0.320. The normalized spacial score (nSPS) is 29.4. The molecular formula is C16H28N4O. The van der Waals surface area contributed by atoms with Crippen molar-refractivity contribution < 1.29 is 4.79 Å². The molecule has 0 bridgehead atoms. The highest BCUT2D eigenvalue weighted by Gasteiger charge is 2.43. The summed E-state index contributed by atoms with van der Waals surface area (Å²) in [4.78, 5) is 14.6. The van der Waals surface area contributed by atoms with Crippen molar-refractivity contribution in [2.75, 3.05) is 19.6 Å². The van der Waals surface area contributed by atoms with Crippen LogP contribution < -0.4 is 10.6 Å². The third-order valence-electron chi connectivity index (χ3n) is 4.95. The smallest absolute Gasteiger partial charge is 0.235 e. The third kappa shape index (κ3) is 3.96. The molecule has 0 aromatic rings. The van der Waals surface area contributed by atoms with E-state index in [-0.39, 0.29) is 5.91 Å². The summed E-state index contributed by atoms with van der Waals surface area (Å²) in [6, 6.07) is 3.17. The second kappa shape index (κ2) is 6.76. The maximum atomic E-state index is 12.4. The van der Waals surface area contributed by atoms with Crippen LogP contribution in [0.1, 0.15) is 46.5 Å². The lowest BCUT2D eigenvalue weighted by Gasteiger charge is -2.40. The maximum absolute atomic E-state index is 12.4. The van der Waals surface area contributed by atoms with Crippen molar-refractivity contribution in [2.24, 2.45) is 5.92 Å². The minimum Gasteiger partial charge on any atom is -0.337 e. The Balaban J connectivity index is 1.92. The van der Waals surface area contributed by atoms with Gasteiger partial charge in [-0.3, -0.25) is 9.69 Å². The second-order valence-corrected chi connectivity index (χ2v) is 6.64. The van der Waals surface area contributed by atoms with Crippen LogP contribution in [0.2, 0.25) is 0 Å². The third-order valence-corrected chi connectivity index (χ3v) is 4.95.